The van der Waals surface area contributed by atoms with Crippen molar-refractivity contribution in [3.8, 4) is 0 Å². The lowest BCUT2D eigenvalue weighted by molar-refractivity contribution is -0.888. The average molecular weight is 242 g/mol. The van der Waals surface area contributed by atoms with Crippen LogP contribution in [-0.4, -0.2) is 37.5 Å². The van der Waals surface area contributed by atoms with E-state index in [9.17, 15) is 0 Å². The molecule has 0 saturated carbocycles. The molecule has 0 aromatic heterocycles. The van der Waals surface area contributed by atoms with E-state index in [4.69, 9.17) is 11.6 Å². The zero-order valence-electron chi connectivity index (χ0n) is 9.86. The lowest BCUT2D eigenvalue weighted by atomic mass is 10.1. The SMILES string of the molecule is CCCCCCC[N+](C)(C)CCCl.[Cl-]. The second-order valence-corrected chi connectivity index (χ2v) is 4.86. The van der Waals surface area contributed by atoms with Crippen LogP contribution in [0.15, 0.2) is 0 Å². The Hall–Kier alpha value is 0.540. The van der Waals surface area contributed by atoms with Crippen molar-refractivity contribution in [2.75, 3.05) is 33.1 Å². The predicted molar refractivity (Wildman–Crippen MR) is 61.3 cm³/mol. The summed E-state index contributed by atoms with van der Waals surface area (Å²) in [6, 6.07) is 0. The normalized spacial score (nSPS) is 11.1. The minimum Gasteiger partial charge on any atom is -1.00 e. The number of hydrogen-bond donors (Lipinski definition) is 0. The fourth-order valence-electron chi connectivity index (χ4n) is 1.48. The quantitative estimate of drug-likeness (QED) is 0.326. The highest BCUT2D eigenvalue weighted by Crippen LogP contribution is 2.06. The lowest BCUT2D eigenvalue weighted by Crippen LogP contribution is -3.00. The summed E-state index contributed by atoms with van der Waals surface area (Å²) in [5.41, 5.74) is 0. The van der Waals surface area contributed by atoms with Crippen LogP contribution >= 0.6 is 11.6 Å². The maximum atomic E-state index is 5.73. The summed E-state index contributed by atoms with van der Waals surface area (Å²) in [6.07, 6.45) is 6.86. The van der Waals surface area contributed by atoms with E-state index in [1.165, 1.54) is 38.6 Å². The molecule has 0 atom stereocenters. The first-order valence-electron chi connectivity index (χ1n) is 5.50. The van der Waals surface area contributed by atoms with Gasteiger partial charge in [-0.15, -0.1) is 11.6 Å². The van der Waals surface area contributed by atoms with Crippen LogP contribution in [0.25, 0.3) is 0 Å². The van der Waals surface area contributed by atoms with E-state index in [0.717, 1.165) is 16.9 Å². The molecule has 0 saturated heterocycles. The Bertz CT molecular complexity index is 116. The van der Waals surface area contributed by atoms with Crippen LogP contribution < -0.4 is 12.4 Å². The minimum absolute atomic E-state index is 0. The highest BCUT2D eigenvalue weighted by atomic mass is 35.5. The molecule has 0 aliphatic carbocycles. The number of hydrogen-bond acceptors (Lipinski definition) is 0. The monoisotopic (exact) mass is 241 g/mol. The number of unbranched alkanes of at least 4 members (excludes halogenated alkanes) is 4. The van der Waals surface area contributed by atoms with Crippen molar-refractivity contribution >= 4 is 11.6 Å². The third-order valence-electron chi connectivity index (χ3n) is 2.56. The van der Waals surface area contributed by atoms with Crippen molar-refractivity contribution in [2.24, 2.45) is 0 Å². The van der Waals surface area contributed by atoms with Gasteiger partial charge in [-0.2, -0.15) is 0 Å². The van der Waals surface area contributed by atoms with Gasteiger partial charge in [0.1, 0.15) is 0 Å². The van der Waals surface area contributed by atoms with Crippen LogP contribution in [0, 0.1) is 0 Å². The molecular formula is C11H25Cl2N. The van der Waals surface area contributed by atoms with E-state index in [-0.39, 0.29) is 12.4 Å². The summed E-state index contributed by atoms with van der Waals surface area (Å²) < 4.78 is 1.08. The molecule has 0 fully saturated rings. The smallest absolute Gasteiger partial charge is 0.0920 e. The molecule has 0 unspecified atom stereocenters. The van der Waals surface area contributed by atoms with Crippen LogP contribution in [0.5, 0.6) is 0 Å². The molecule has 0 aromatic carbocycles. The van der Waals surface area contributed by atoms with Gasteiger partial charge in [-0.05, 0) is 12.8 Å². The van der Waals surface area contributed by atoms with E-state index in [2.05, 4.69) is 21.0 Å². The van der Waals surface area contributed by atoms with Gasteiger partial charge in [-0.1, -0.05) is 26.2 Å². The summed E-state index contributed by atoms with van der Waals surface area (Å²) in [6.45, 7) is 4.62. The highest BCUT2D eigenvalue weighted by Gasteiger charge is 2.12. The Kier molecular flexibility index (Phi) is 12.2. The molecule has 14 heavy (non-hydrogen) atoms. The van der Waals surface area contributed by atoms with Crippen LogP contribution in [0.2, 0.25) is 0 Å². The Morgan fingerprint density at radius 3 is 2.00 bits per heavy atom. The fraction of sp³-hybridized carbons (Fsp3) is 1.00. The van der Waals surface area contributed by atoms with Crippen molar-refractivity contribution in [3.05, 3.63) is 0 Å². The Morgan fingerprint density at radius 2 is 1.50 bits per heavy atom. The first-order chi connectivity index (χ1) is 6.12. The summed E-state index contributed by atoms with van der Waals surface area (Å²) in [5, 5.41) is 0. The summed E-state index contributed by atoms with van der Waals surface area (Å²) in [5.74, 6) is 0.780. The maximum absolute atomic E-state index is 5.73. The highest BCUT2D eigenvalue weighted by molar-refractivity contribution is 6.17. The molecule has 88 valence electrons. The zero-order chi connectivity index (χ0) is 10.2. The molecule has 0 aromatic rings. The van der Waals surface area contributed by atoms with Crippen molar-refractivity contribution in [2.45, 2.75) is 39.0 Å². The summed E-state index contributed by atoms with van der Waals surface area (Å²) >= 11 is 5.73. The maximum Gasteiger partial charge on any atom is 0.0920 e. The van der Waals surface area contributed by atoms with Crippen molar-refractivity contribution < 1.29 is 16.9 Å². The first kappa shape index (κ1) is 17.0. The van der Waals surface area contributed by atoms with Crippen LogP contribution in [-0.2, 0) is 0 Å². The number of nitrogens with zero attached hydrogens (tertiary/aromatic N) is 1. The molecule has 0 heterocycles. The standard InChI is InChI=1S/C11H25ClN.ClH/c1-4-5-6-7-8-10-13(2,3)11-9-12;/h4-11H2,1-3H3;1H/q+1;/p-1. The van der Waals surface area contributed by atoms with E-state index in [1.54, 1.807) is 0 Å². The van der Waals surface area contributed by atoms with E-state index in [0.29, 0.717) is 0 Å². The number of halogens is 2. The van der Waals surface area contributed by atoms with Crippen molar-refractivity contribution in [1.29, 1.82) is 0 Å². The molecule has 1 nitrogen and oxygen atoms in total. The Labute approximate surface area is 101 Å². The largest absolute Gasteiger partial charge is 1.00 e. The van der Waals surface area contributed by atoms with Gasteiger partial charge in [0.15, 0.2) is 0 Å². The topological polar surface area (TPSA) is 0 Å². The molecule has 0 bridgehead atoms. The van der Waals surface area contributed by atoms with Crippen LogP contribution in [0.4, 0.5) is 0 Å². The van der Waals surface area contributed by atoms with Gasteiger partial charge in [-0.3, -0.25) is 0 Å². The molecular weight excluding hydrogens is 217 g/mol. The molecule has 3 heteroatoms. The van der Waals surface area contributed by atoms with Crippen LogP contribution in [0.3, 0.4) is 0 Å². The average Bonchev–Trinajstić information content (AvgIpc) is 2.04. The Balaban J connectivity index is 0. The van der Waals surface area contributed by atoms with Gasteiger partial charge in [0.2, 0.25) is 0 Å². The Morgan fingerprint density at radius 1 is 0.929 bits per heavy atom. The summed E-state index contributed by atoms with van der Waals surface area (Å²) in [7, 11) is 4.53. The van der Waals surface area contributed by atoms with Gasteiger partial charge >= 0.3 is 0 Å². The minimum atomic E-state index is 0. The van der Waals surface area contributed by atoms with Gasteiger partial charge in [0.05, 0.1) is 33.1 Å². The van der Waals surface area contributed by atoms with Crippen molar-refractivity contribution in [1.82, 2.24) is 0 Å². The fourth-order valence-corrected chi connectivity index (χ4v) is 1.94. The second-order valence-electron chi connectivity index (χ2n) is 4.49. The number of quaternary nitrogens is 1. The zero-order valence-corrected chi connectivity index (χ0v) is 11.4. The van der Waals surface area contributed by atoms with E-state index in [1.807, 2.05) is 0 Å². The third-order valence-corrected chi connectivity index (χ3v) is 2.73. The van der Waals surface area contributed by atoms with Crippen LogP contribution in [0.1, 0.15) is 39.0 Å². The second kappa shape index (κ2) is 10.1. The van der Waals surface area contributed by atoms with Gasteiger partial charge in [0.25, 0.3) is 0 Å². The van der Waals surface area contributed by atoms with Gasteiger partial charge in [0, 0.05) is 0 Å². The third kappa shape index (κ3) is 10.6. The molecule has 0 aliphatic rings. The van der Waals surface area contributed by atoms with Gasteiger partial charge < -0.3 is 16.9 Å². The lowest BCUT2D eigenvalue weighted by Gasteiger charge is -2.28. The first-order valence-corrected chi connectivity index (χ1v) is 6.04. The molecule has 0 N–H and O–H groups in total. The van der Waals surface area contributed by atoms with Gasteiger partial charge in [-0.25, -0.2) is 0 Å². The van der Waals surface area contributed by atoms with E-state index >= 15 is 0 Å². The molecule has 0 radical (unpaired) electrons. The van der Waals surface area contributed by atoms with E-state index < -0.39 is 0 Å². The molecule has 0 rings (SSSR count). The summed E-state index contributed by atoms with van der Waals surface area (Å²) in [4.78, 5) is 0. The molecule has 0 spiro atoms. The van der Waals surface area contributed by atoms with Crippen molar-refractivity contribution in [3.63, 3.8) is 0 Å². The predicted octanol–water partition coefficient (Wildman–Crippen LogP) is 0.276. The molecule has 0 amide bonds. The number of alkyl halides is 1. The molecule has 0 aliphatic heterocycles. The number of rotatable bonds is 8.